The number of likely N-dealkylation sites (tertiary alicyclic amines) is 1. The Balaban J connectivity index is 1.79. The summed E-state index contributed by atoms with van der Waals surface area (Å²) in [5, 5.41) is 3.51. The topological polar surface area (TPSA) is 15.3 Å². The Morgan fingerprint density at radius 3 is 2.65 bits per heavy atom. The smallest absolute Gasteiger partial charge is 0.128 e. The quantitative estimate of drug-likeness (QED) is 0.875. The van der Waals surface area contributed by atoms with Crippen LogP contribution in [0.15, 0.2) is 22.7 Å². The predicted octanol–water partition coefficient (Wildman–Crippen LogP) is 3.80. The van der Waals surface area contributed by atoms with Crippen LogP contribution < -0.4 is 5.32 Å². The molecule has 1 N–H and O–H groups in total. The van der Waals surface area contributed by atoms with Gasteiger partial charge in [-0.1, -0.05) is 35.8 Å². The fraction of sp³-hybridized carbons (Fsp3) is 0.625. The minimum Gasteiger partial charge on any atom is -0.314 e. The third-order valence-corrected chi connectivity index (χ3v) is 4.42. The van der Waals surface area contributed by atoms with E-state index in [1.165, 1.54) is 12.8 Å². The Bertz CT molecular complexity index is 428. The molecule has 0 bridgehead atoms. The summed E-state index contributed by atoms with van der Waals surface area (Å²) in [5.41, 5.74) is 0.798. The molecule has 1 heterocycles. The van der Waals surface area contributed by atoms with E-state index < -0.39 is 0 Å². The molecule has 2 nitrogen and oxygen atoms in total. The van der Waals surface area contributed by atoms with Crippen molar-refractivity contribution in [2.45, 2.75) is 39.3 Å². The van der Waals surface area contributed by atoms with Crippen molar-refractivity contribution >= 4 is 15.9 Å². The molecule has 0 saturated carbocycles. The molecule has 112 valence electrons. The van der Waals surface area contributed by atoms with Crippen molar-refractivity contribution in [3.8, 4) is 0 Å². The highest BCUT2D eigenvalue weighted by Crippen LogP contribution is 2.21. The Morgan fingerprint density at radius 1 is 1.35 bits per heavy atom. The Hall–Kier alpha value is -0.450. The Morgan fingerprint density at radius 2 is 2.05 bits per heavy atom. The van der Waals surface area contributed by atoms with E-state index in [-0.39, 0.29) is 5.82 Å². The largest absolute Gasteiger partial charge is 0.314 e. The van der Waals surface area contributed by atoms with Gasteiger partial charge in [-0.2, -0.15) is 0 Å². The molecular formula is C16H24BrFN2. The van der Waals surface area contributed by atoms with Gasteiger partial charge in [0.15, 0.2) is 0 Å². The van der Waals surface area contributed by atoms with E-state index in [4.69, 9.17) is 0 Å². The maximum Gasteiger partial charge on any atom is 0.128 e. The second-order valence-electron chi connectivity index (χ2n) is 6.02. The lowest BCUT2D eigenvalue weighted by Crippen LogP contribution is -2.38. The number of piperidine rings is 1. The normalized spacial score (nSPS) is 17.9. The predicted molar refractivity (Wildman–Crippen MR) is 85.2 cm³/mol. The van der Waals surface area contributed by atoms with Gasteiger partial charge in [0.2, 0.25) is 0 Å². The number of hydrogen-bond donors (Lipinski definition) is 1. The van der Waals surface area contributed by atoms with Crippen LogP contribution in [0.4, 0.5) is 4.39 Å². The van der Waals surface area contributed by atoms with Gasteiger partial charge in [-0.15, -0.1) is 0 Å². The second kappa shape index (κ2) is 7.53. The van der Waals surface area contributed by atoms with E-state index in [1.54, 1.807) is 6.07 Å². The van der Waals surface area contributed by atoms with E-state index in [9.17, 15) is 4.39 Å². The standard InChI is InChI=1S/C16H24BrFN2/c1-12(2)19-10-13-5-7-20(8-6-13)11-14-3-4-15(17)9-16(14)18/h3-4,9,12-13,19H,5-8,10-11H2,1-2H3. The Kier molecular flexibility index (Phi) is 6.00. The first-order valence-corrected chi connectivity index (χ1v) is 8.23. The maximum atomic E-state index is 13.8. The zero-order valence-electron chi connectivity index (χ0n) is 12.3. The zero-order valence-corrected chi connectivity index (χ0v) is 13.9. The summed E-state index contributed by atoms with van der Waals surface area (Å²) in [7, 11) is 0. The highest BCUT2D eigenvalue weighted by molar-refractivity contribution is 9.10. The molecule has 20 heavy (non-hydrogen) atoms. The van der Waals surface area contributed by atoms with Crippen LogP contribution in [-0.2, 0) is 6.54 Å². The van der Waals surface area contributed by atoms with Crippen LogP contribution in [0.3, 0.4) is 0 Å². The zero-order chi connectivity index (χ0) is 14.5. The maximum absolute atomic E-state index is 13.8. The third-order valence-electron chi connectivity index (χ3n) is 3.93. The molecule has 0 spiro atoms. The fourth-order valence-electron chi connectivity index (χ4n) is 2.64. The first-order chi connectivity index (χ1) is 9.54. The van der Waals surface area contributed by atoms with Crippen LogP contribution in [0.2, 0.25) is 0 Å². The molecule has 1 saturated heterocycles. The third kappa shape index (κ3) is 4.83. The van der Waals surface area contributed by atoms with Gasteiger partial charge in [-0.3, -0.25) is 4.90 Å². The minimum absolute atomic E-state index is 0.108. The summed E-state index contributed by atoms with van der Waals surface area (Å²) < 4.78 is 14.6. The lowest BCUT2D eigenvalue weighted by atomic mass is 9.96. The van der Waals surface area contributed by atoms with Crippen LogP contribution in [0.25, 0.3) is 0 Å². The molecule has 0 amide bonds. The van der Waals surface area contributed by atoms with Gasteiger partial charge in [0, 0.05) is 22.6 Å². The average molecular weight is 343 g/mol. The number of halogens is 2. The van der Waals surface area contributed by atoms with Crippen LogP contribution >= 0.6 is 15.9 Å². The lowest BCUT2D eigenvalue weighted by molar-refractivity contribution is 0.172. The number of rotatable bonds is 5. The molecule has 1 aliphatic heterocycles. The van der Waals surface area contributed by atoms with Gasteiger partial charge < -0.3 is 5.32 Å². The van der Waals surface area contributed by atoms with Crippen molar-refractivity contribution in [2.24, 2.45) is 5.92 Å². The second-order valence-corrected chi connectivity index (χ2v) is 6.93. The molecule has 0 atom stereocenters. The van der Waals surface area contributed by atoms with Crippen molar-refractivity contribution in [1.29, 1.82) is 0 Å². The monoisotopic (exact) mass is 342 g/mol. The molecule has 0 radical (unpaired) electrons. The molecular weight excluding hydrogens is 319 g/mol. The highest BCUT2D eigenvalue weighted by Gasteiger charge is 2.20. The van der Waals surface area contributed by atoms with Gasteiger partial charge >= 0.3 is 0 Å². The summed E-state index contributed by atoms with van der Waals surface area (Å²) >= 11 is 3.30. The van der Waals surface area contributed by atoms with Crippen molar-refractivity contribution < 1.29 is 4.39 Å². The van der Waals surface area contributed by atoms with Crippen LogP contribution in [-0.4, -0.2) is 30.6 Å². The molecule has 1 aliphatic rings. The van der Waals surface area contributed by atoms with E-state index in [1.807, 2.05) is 12.1 Å². The molecule has 0 aromatic heterocycles. The SMILES string of the molecule is CC(C)NCC1CCN(Cc2ccc(Br)cc2F)CC1. The first-order valence-electron chi connectivity index (χ1n) is 7.44. The number of benzene rings is 1. The van der Waals surface area contributed by atoms with Gasteiger partial charge in [-0.05, 0) is 50.5 Å². The average Bonchev–Trinajstić information content (AvgIpc) is 2.41. The lowest BCUT2D eigenvalue weighted by Gasteiger charge is -2.32. The van der Waals surface area contributed by atoms with Crippen molar-refractivity contribution in [1.82, 2.24) is 10.2 Å². The molecule has 1 fully saturated rings. The Labute approximate surface area is 129 Å². The number of hydrogen-bond acceptors (Lipinski definition) is 2. The molecule has 0 unspecified atom stereocenters. The van der Waals surface area contributed by atoms with Crippen LogP contribution in [0.1, 0.15) is 32.3 Å². The van der Waals surface area contributed by atoms with Crippen LogP contribution in [0.5, 0.6) is 0 Å². The minimum atomic E-state index is -0.108. The van der Waals surface area contributed by atoms with Gasteiger partial charge in [-0.25, -0.2) is 4.39 Å². The van der Waals surface area contributed by atoms with Gasteiger partial charge in [0.05, 0.1) is 0 Å². The van der Waals surface area contributed by atoms with Crippen molar-refractivity contribution in [2.75, 3.05) is 19.6 Å². The summed E-state index contributed by atoms with van der Waals surface area (Å²) in [6.45, 7) is 8.35. The molecule has 4 heteroatoms. The summed E-state index contributed by atoms with van der Waals surface area (Å²) in [6, 6.07) is 5.91. The fourth-order valence-corrected chi connectivity index (χ4v) is 2.98. The van der Waals surface area contributed by atoms with Crippen molar-refractivity contribution in [3.63, 3.8) is 0 Å². The summed E-state index contributed by atoms with van der Waals surface area (Å²) in [5.74, 6) is 0.659. The summed E-state index contributed by atoms with van der Waals surface area (Å²) in [4.78, 5) is 2.36. The molecule has 1 aromatic rings. The number of nitrogens with one attached hydrogen (secondary N) is 1. The highest BCUT2D eigenvalue weighted by atomic mass is 79.9. The number of nitrogens with zero attached hydrogens (tertiary/aromatic N) is 1. The summed E-state index contributed by atoms with van der Waals surface area (Å²) in [6.07, 6.45) is 2.41. The van der Waals surface area contributed by atoms with Crippen molar-refractivity contribution in [3.05, 3.63) is 34.1 Å². The van der Waals surface area contributed by atoms with Gasteiger partial charge in [0.1, 0.15) is 5.82 Å². The molecule has 1 aromatic carbocycles. The van der Waals surface area contributed by atoms with Gasteiger partial charge in [0.25, 0.3) is 0 Å². The van der Waals surface area contributed by atoms with E-state index in [0.29, 0.717) is 6.04 Å². The van der Waals surface area contributed by atoms with Crippen LogP contribution in [0, 0.1) is 11.7 Å². The first kappa shape index (κ1) is 15.9. The van der Waals surface area contributed by atoms with E-state index in [2.05, 4.69) is 40.0 Å². The molecule has 2 rings (SSSR count). The van der Waals surface area contributed by atoms with E-state index >= 15 is 0 Å². The molecule has 0 aliphatic carbocycles. The van der Waals surface area contributed by atoms with E-state index in [0.717, 1.165) is 42.1 Å².